The third kappa shape index (κ3) is 4.05. The molecule has 1 aromatic heterocycles. The molecular weight excluding hydrogens is 435 g/mol. The largest absolute Gasteiger partial charge is 0.336 e. The molecule has 5 nitrogen and oxygen atoms in total. The minimum Gasteiger partial charge on any atom is -0.336 e. The molecule has 2 heterocycles. The Morgan fingerprint density at radius 3 is 2.38 bits per heavy atom. The van der Waals surface area contributed by atoms with Crippen molar-refractivity contribution in [3.8, 4) is 0 Å². The van der Waals surface area contributed by atoms with E-state index in [1.165, 1.54) is 22.1 Å². The molecule has 0 radical (unpaired) electrons. The third-order valence-corrected chi connectivity index (χ3v) is 8.72. The van der Waals surface area contributed by atoms with Gasteiger partial charge in [0.1, 0.15) is 4.21 Å². The highest BCUT2D eigenvalue weighted by atomic mass is 35.5. The number of amides is 1. The van der Waals surface area contributed by atoms with E-state index in [2.05, 4.69) is 0 Å². The first-order valence-electron chi connectivity index (χ1n) is 7.71. The van der Waals surface area contributed by atoms with Crippen LogP contribution >= 0.6 is 46.3 Å². The summed E-state index contributed by atoms with van der Waals surface area (Å²) in [4.78, 5) is 15.4. The Morgan fingerprint density at radius 2 is 1.81 bits per heavy atom. The van der Waals surface area contributed by atoms with E-state index in [0.717, 1.165) is 16.2 Å². The smallest absolute Gasteiger partial charge is 0.255 e. The van der Waals surface area contributed by atoms with E-state index in [1.807, 2.05) is 12.3 Å². The van der Waals surface area contributed by atoms with Crippen LogP contribution < -0.4 is 0 Å². The van der Waals surface area contributed by atoms with Crippen molar-refractivity contribution in [3.63, 3.8) is 0 Å². The second kappa shape index (κ2) is 8.08. The summed E-state index contributed by atoms with van der Waals surface area (Å²) in [5, 5.41) is 0.399. The summed E-state index contributed by atoms with van der Waals surface area (Å²) in [6, 6.07) is 8.42. The van der Waals surface area contributed by atoms with Crippen LogP contribution in [-0.2, 0) is 10.0 Å². The minimum atomic E-state index is -3.57. The zero-order chi connectivity index (χ0) is 18.9. The van der Waals surface area contributed by atoms with Crippen molar-refractivity contribution in [3.05, 3.63) is 45.3 Å². The molecule has 26 heavy (non-hydrogen) atoms. The summed E-state index contributed by atoms with van der Waals surface area (Å²) in [5.41, 5.74) is 0.444. The van der Waals surface area contributed by atoms with Gasteiger partial charge in [0.25, 0.3) is 15.9 Å². The molecule has 1 aliphatic heterocycles. The molecule has 140 valence electrons. The van der Waals surface area contributed by atoms with Gasteiger partial charge in [0, 0.05) is 31.1 Å². The van der Waals surface area contributed by atoms with Gasteiger partial charge < -0.3 is 4.90 Å². The maximum absolute atomic E-state index is 12.8. The van der Waals surface area contributed by atoms with E-state index in [1.54, 1.807) is 23.1 Å². The molecule has 0 atom stereocenters. The zero-order valence-electron chi connectivity index (χ0n) is 13.8. The number of carbonyl (C=O) groups excluding carboxylic acids is 1. The Kier molecular flexibility index (Phi) is 6.21. The Bertz CT molecular complexity index is 923. The van der Waals surface area contributed by atoms with Crippen LogP contribution in [0.25, 0.3) is 0 Å². The van der Waals surface area contributed by atoms with Crippen molar-refractivity contribution in [1.29, 1.82) is 0 Å². The summed E-state index contributed by atoms with van der Waals surface area (Å²) in [6.45, 7) is 1.11. The maximum atomic E-state index is 12.8. The summed E-state index contributed by atoms with van der Waals surface area (Å²) in [5.74, 6) is -0.179. The first kappa shape index (κ1) is 20.0. The Morgan fingerprint density at radius 1 is 1.12 bits per heavy atom. The summed E-state index contributed by atoms with van der Waals surface area (Å²) in [7, 11) is -3.57. The van der Waals surface area contributed by atoms with Crippen molar-refractivity contribution in [2.24, 2.45) is 0 Å². The molecule has 0 bridgehead atoms. The van der Waals surface area contributed by atoms with Crippen LogP contribution in [0.3, 0.4) is 0 Å². The number of rotatable bonds is 4. The summed E-state index contributed by atoms with van der Waals surface area (Å²) >= 11 is 14.6. The van der Waals surface area contributed by atoms with Gasteiger partial charge >= 0.3 is 0 Å². The van der Waals surface area contributed by atoms with Gasteiger partial charge in [-0.05, 0) is 36.6 Å². The first-order valence-corrected chi connectivity index (χ1v) is 11.9. The molecule has 3 rings (SSSR count). The van der Waals surface area contributed by atoms with Crippen molar-refractivity contribution in [1.82, 2.24) is 9.21 Å². The van der Waals surface area contributed by atoms with E-state index in [0.29, 0.717) is 28.0 Å². The molecule has 1 saturated heterocycles. The normalized spacial score (nSPS) is 16.0. The fraction of sp³-hybridized carbons (Fsp3) is 0.312. The van der Waals surface area contributed by atoms with Crippen LogP contribution in [0.2, 0.25) is 9.36 Å². The van der Waals surface area contributed by atoms with Crippen LogP contribution in [0.15, 0.2) is 39.4 Å². The van der Waals surface area contributed by atoms with E-state index >= 15 is 0 Å². The SMILES string of the molecule is CSc1ccc(Cl)c(C(=O)N2CCN(S(=O)(=O)c3ccc(Cl)s3)CC2)c1. The van der Waals surface area contributed by atoms with Gasteiger partial charge in [-0.2, -0.15) is 4.31 Å². The second-order valence-electron chi connectivity index (χ2n) is 5.60. The molecule has 1 amide bonds. The van der Waals surface area contributed by atoms with Crippen molar-refractivity contribution in [2.45, 2.75) is 9.10 Å². The van der Waals surface area contributed by atoms with Gasteiger partial charge in [-0.3, -0.25) is 4.79 Å². The van der Waals surface area contributed by atoms with Crippen molar-refractivity contribution < 1.29 is 13.2 Å². The third-order valence-electron chi connectivity index (χ3n) is 4.07. The Balaban J connectivity index is 1.71. The molecule has 0 spiro atoms. The number of hydrogen-bond acceptors (Lipinski definition) is 5. The number of nitrogens with zero attached hydrogens (tertiary/aromatic N) is 2. The number of benzene rings is 1. The Labute approximate surface area is 170 Å². The highest BCUT2D eigenvalue weighted by Gasteiger charge is 2.31. The lowest BCUT2D eigenvalue weighted by atomic mass is 10.2. The molecule has 0 unspecified atom stereocenters. The fourth-order valence-electron chi connectivity index (χ4n) is 2.66. The van der Waals surface area contributed by atoms with Crippen LogP contribution in [-0.4, -0.2) is 56.0 Å². The molecule has 2 aromatic rings. The minimum absolute atomic E-state index is 0.179. The topological polar surface area (TPSA) is 57.7 Å². The monoisotopic (exact) mass is 450 g/mol. The lowest BCUT2D eigenvalue weighted by Gasteiger charge is -2.34. The van der Waals surface area contributed by atoms with Gasteiger partial charge in [-0.15, -0.1) is 23.1 Å². The van der Waals surface area contributed by atoms with Crippen LogP contribution in [0.5, 0.6) is 0 Å². The van der Waals surface area contributed by atoms with Gasteiger partial charge in [-0.25, -0.2) is 8.42 Å². The number of hydrogen-bond donors (Lipinski definition) is 0. The molecule has 0 aliphatic carbocycles. The molecule has 10 heteroatoms. The Hall–Kier alpha value is -0.770. The second-order valence-corrected chi connectivity index (χ2v) is 10.8. The van der Waals surface area contributed by atoms with Gasteiger partial charge in [-0.1, -0.05) is 23.2 Å². The number of carbonyl (C=O) groups is 1. The highest BCUT2D eigenvalue weighted by molar-refractivity contribution is 7.98. The van der Waals surface area contributed by atoms with Gasteiger partial charge in [0.05, 0.1) is 14.9 Å². The molecule has 1 aromatic carbocycles. The quantitative estimate of drug-likeness (QED) is 0.662. The van der Waals surface area contributed by atoms with E-state index in [4.69, 9.17) is 23.2 Å². The van der Waals surface area contributed by atoms with Crippen LogP contribution in [0, 0.1) is 0 Å². The average molecular weight is 451 g/mol. The van der Waals surface area contributed by atoms with Crippen molar-refractivity contribution >= 4 is 62.2 Å². The molecular formula is C16H16Cl2N2O3S3. The van der Waals surface area contributed by atoms with E-state index < -0.39 is 10.0 Å². The van der Waals surface area contributed by atoms with Crippen molar-refractivity contribution in [2.75, 3.05) is 32.4 Å². The first-order chi connectivity index (χ1) is 12.3. The van der Waals surface area contributed by atoms with Gasteiger partial charge in [0.15, 0.2) is 0 Å². The van der Waals surface area contributed by atoms with Crippen LogP contribution in [0.1, 0.15) is 10.4 Å². The number of thioether (sulfide) groups is 1. The summed E-state index contributed by atoms with van der Waals surface area (Å²) in [6.07, 6.45) is 1.93. The average Bonchev–Trinajstić information content (AvgIpc) is 3.09. The molecule has 1 fully saturated rings. The maximum Gasteiger partial charge on any atom is 0.255 e. The van der Waals surface area contributed by atoms with E-state index in [9.17, 15) is 13.2 Å². The zero-order valence-corrected chi connectivity index (χ0v) is 17.8. The fourth-order valence-corrected chi connectivity index (χ4v) is 6.36. The molecule has 0 saturated carbocycles. The number of thiophene rings is 1. The van der Waals surface area contributed by atoms with Crippen LogP contribution in [0.4, 0.5) is 0 Å². The molecule has 1 aliphatic rings. The van der Waals surface area contributed by atoms with E-state index in [-0.39, 0.29) is 23.2 Å². The predicted molar refractivity (Wildman–Crippen MR) is 107 cm³/mol. The number of sulfonamides is 1. The summed E-state index contributed by atoms with van der Waals surface area (Å²) < 4.78 is 27.3. The number of halogens is 2. The predicted octanol–water partition coefficient (Wildman–Crippen LogP) is 3.92. The van der Waals surface area contributed by atoms with Gasteiger partial charge in [0.2, 0.25) is 0 Å². The highest BCUT2D eigenvalue weighted by Crippen LogP contribution is 2.29. The lowest BCUT2D eigenvalue weighted by Crippen LogP contribution is -2.50. The lowest BCUT2D eigenvalue weighted by molar-refractivity contribution is 0.0698. The standard InChI is InChI=1S/C16H16Cl2N2O3S3/c1-24-11-2-3-13(17)12(10-11)16(21)19-6-8-20(9-7-19)26(22,23)15-5-4-14(18)25-15/h2-5,10H,6-9H2,1H3. The number of piperazine rings is 1. The molecule has 0 N–H and O–H groups in total.